The fourth-order valence-electron chi connectivity index (χ4n) is 1.57. The fraction of sp³-hybridized carbons (Fsp3) is 0.214. The van der Waals surface area contributed by atoms with Crippen molar-refractivity contribution in [2.45, 2.75) is 19.8 Å². The van der Waals surface area contributed by atoms with Crippen molar-refractivity contribution < 1.29 is 4.79 Å². The van der Waals surface area contributed by atoms with E-state index in [-0.39, 0.29) is 11.6 Å². The van der Waals surface area contributed by atoms with Crippen LogP contribution in [-0.2, 0) is 0 Å². The summed E-state index contributed by atoms with van der Waals surface area (Å²) in [6.07, 6.45) is 0. The molecule has 104 valence electrons. The number of nitrogens with one attached hydrogen (secondary N) is 1. The molecular weight excluding hydrogens is 297 g/mol. The maximum Gasteiger partial charge on any atom is 0.276 e. The highest BCUT2D eigenvalue weighted by atomic mass is 35.5. The van der Waals surface area contributed by atoms with E-state index in [1.165, 1.54) is 0 Å². The van der Waals surface area contributed by atoms with Crippen molar-refractivity contribution in [1.29, 1.82) is 0 Å². The summed E-state index contributed by atoms with van der Waals surface area (Å²) in [4.78, 5) is 12.1. The van der Waals surface area contributed by atoms with Gasteiger partial charge >= 0.3 is 0 Å². The SMILES string of the molecule is CC(C)c1ccc(C(=O)Nc2c(Cl)cccc2Cl)nn1. The van der Waals surface area contributed by atoms with Crippen LogP contribution in [0.1, 0.15) is 35.9 Å². The number of hydrogen-bond donors (Lipinski definition) is 1. The number of anilines is 1. The topological polar surface area (TPSA) is 54.9 Å². The quantitative estimate of drug-likeness (QED) is 0.926. The minimum absolute atomic E-state index is 0.213. The largest absolute Gasteiger partial charge is 0.318 e. The number of para-hydroxylation sites is 1. The summed E-state index contributed by atoms with van der Waals surface area (Å²) < 4.78 is 0. The highest BCUT2D eigenvalue weighted by molar-refractivity contribution is 6.39. The third-order valence-corrected chi connectivity index (χ3v) is 3.34. The summed E-state index contributed by atoms with van der Waals surface area (Å²) in [7, 11) is 0. The second-order valence-corrected chi connectivity index (χ2v) is 5.36. The van der Waals surface area contributed by atoms with Gasteiger partial charge in [0.25, 0.3) is 5.91 Å². The predicted molar refractivity (Wildman–Crippen MR) is 80.5 cm³/mol. The lowest BCUT2D eigenvalue weighted by Gasteiger charge is -2.09. The van der Waals surface area contributed by atoms with Gasteiger partial charge in [-0.15, -0.1) is 5.10 Å². The van der Waals surface area contributed by atoms with E-state index >= 15 is 0 Å². The van der Waals surface area contributed by atoms with E-state index < -0.39 is 5.91 Å². The third kappa shape index (κ3) is 3.26. The molecule has 0 saturated carbocycles. The summed E-state index contributed by atoms with van der Waals surface area (Å²) in [6, 6.07) is 8.41. The van der Waals surface area contributed by atoms with Crippen LogP contribution in [0.25, 0.3) is 0 Å². The maximum atomic E-state index is 12.1. The smallest absolute Gasteiger partial charge is 0.276 e. The molecule has 0 radical (unpaired) electrons. The van der Waals surface area contributed by atoms with Gasteiger partial charge in [0.2, 0.25) is 0 Å². The van der Waals surface area contributed by atoms with Crippen LogP contribution in [0.2, 0.25) is 10.0 Å². The molecule has 1 amide bonds. The molecule has 4 nitrogen and oxygen atoms in total. The van der Waals surface area contributed by atoms with Gasteiger partial charge in [0.15, 0.2) is 5.69 Å². The lowest BCUT2D eigenvalue weighted by molar-refractivity contribution is 0.102. The lowest BCUT2D eigenvalue weighted by atomic mass is 10.1. The Kier molecular flexibility index (Phi) is 4.57. The Labute approximate surface area is 127 Å². The van der Waals surface area contributed by atoms with Crippen molar-refractivity contribution in [1.82, 2.24) is 10.2 Å². The predicted octanol–water partition coefficient (Wildman–Crippen LogP) is 4.16. The highest BCUT2D eigenvalue weighted by Gasteiger charge is 2.13. The van der Waals surface area contributed by atoms with Gasteiger partial charge in [-0.05, 0) is 30.2 Å². The zero-order valence-electron chi connectivity index (χ0n) is 11.0. The molecule has 2 aromatic rings. The lowest BCUT2D eigenvalue weighted by Crippen LogP contribution is -2.15. The van der Waals surface area contributed by atoms with E-state index in [9.17, 15) is 4.79 Å². The first-order valence-electron chi connectivity index (χ1n) is 6.08. The van der Waals surface area contributed by atoms with Gasteiger partial charge in [0, 0.05) is 0 Å². The van der Waals surface area contributed by atoms with Gasteiger partial charge in [0.05, 0.1) is 21.4 Å². The van der Waals surface area contributed by atoms with E-state index in [0.29, 0.717) is 15.7 Å². The van der Waals surface area contributed by atoms with Crippen LogP contribution in [0, 0.1) is 0 Å². The summed E-state index contributed by atoms with van der Waals surface area (Å²) in [5, 5.41) is 11.3. The van der Waals surface area contributed by atoms with Crippen molar-refractivity contribution in [3.63, 3.8) is 0 Å². The average Bonchev–Trinajstić information content (AvgIpc) is 2.43. The van der Waals surface area contributed by atoms with Crippen molar-refractivity contribution in [3.05, 3.63) is 51.8 Å². The van der Waals surface area contributed by atoms with Crippen molar-refractivity contribution in [2.75, 3.05) is 5.32 Å². The fourth-order valence-corrected chi connectivity index (χ4v) is 2.06. The maximum absolute atomic E-state index is 12.1. The van der Waals surface area contributed by atoms with Gasteiger partial charge in [-0.1, -0.05) is 43.1 Å². The number of halogens is 2. The standard InChI is InChI=1S/C14H13Cl2N3O/c1-8(2)11-6-7-12(19-18-11)14(20)17-13-9(15)4-3-5-10(13)16/h3-8H,1-2H3,(H,17,20). The van der Waals surface area contributed by atoms with Crippen molar-refractivity contribution in [3.8, 4) is 0 Å². The number of carbonyl (C=O) groups is 1. The Morgan fingerprint density at radius 3 is 2.25 bits per heavy atom. The molecule has 0 aliphatic heterocycles. The molecule has 0 aliphatic rings. The van der Waals surface area contributed by atoms with Gasteiger partial charge < -0.3 is 5.32 Å². The molecule has 1 N–H and O–H groups in total. The van der Waals surface area contributed by atoms with Crippen LogP contribution in [0.3, 0.4) is 0 Å². The highest BCUT2D eigenvalue weighted by Crippen LogP contribution is 2.30. The van der Waals surface area contributed by atoms with Crippen LogP contribution >= 0.6 is 23.2 Å². The number of carbonyl (C=O) groups excluding carboxylic acids is 1. The monoisotopic (exact) mass is 309 g/mol. The van der Waals surface area contributed by atoms with Crippen LogP contribution < -0.4 is 5.32 Å². The average molecular weight is 310 g/mol. The number of hydrogen-bond acceptors (Lipinski definition) is 3. The molecule has 0 spiro atoms. The van der Waals surface area contributed by atoms with Crippen molar-refractivity contribution >= 4 is 34.8 Å². The number of amides is 1. The molecule has 0 saturated heterocycles. The van der Waals surface area contributed by atoms with Crippen LogP contribution in [0.4, 0.5) is 5.69 Å². The molecule has 1 heterocycles. The molecule has 0 fully saturated rings. The Bertz CT molecular complexity index is 607. The Balaban J connectivity index is 2.20. The molecule has 0 atom stereocenters. The first-order valence-corrected chi connectivity index (χ1v) is 6.83. The van der Waals surface area contributed by atoms with Crippen LogP contribution in [-0.4, -0.2) is 16.1 Å². The molecular formula is C14H13Cl2N3O. The molecule has 0 aliphatic carbocycles. The Morgan fingerprint density at radius 2 is 1.75 bits per heavy atom. The second-order valence-electron chi connectivity index (χ2n) is 4.55. The summed E-state index contributed by atoms with van der Waals surface area (Å²) in [5.41, 5.74) is 1.42. The van der Waals surface area contributed by atoms with E-state index in [0.717, 1.165) is 5.69 Å². The van der Waals surface area contributed by atoms with Gasteiger partial charge in [-0.25, -0.2) is 0 Å². The first kappa shape index (κ1) is 14.8. The first-order chi connectivity index (χ1) is 9.49. The molecule has 1 aromatic heterocycles. The van der Waals surface area contributed by atoms with Crippen molar-refractivity contribution in [2.24, 2.45) is 0 Å². The van der Waals surface area contributed by atoms with E-state index in [2.05, 4.69) is 15.5 Å². The summed E-state index contributed by atoms with van der Waals surface area (Å²) in [5.74, 6) is -0.138. The van der Waals surface area contributed by atoms with E-state index in [1.807, 2.05) is 13.8 Å². The van der Waals surface area contributed by atoms with Crippen LogP contribution in [0.5, 0.6) is 0 Å². The van der Waals surface area contributed by atoms with Crippen LogP contribution in [0.15, 0.2) is 30.3 Å². The second kappa shape index (κ2) is 6.20. The van der Waals surface area contributed by atoms with E-state index in [4.69, 9.17) is 23.2 Å². The Morgan fingerprint density at radius 1 is 1.10 bits per heavy atom. The van der Waals surface area contributed by atoms with Gasteiger partial charge in [-0.2, -0.15) is 5.10 Å². The minimum atomic E-state index is -0.400. The zero-order chi connectivity index (χ0) is 14.7. The third-order valence-electron chi connectivity index (χ3n) is 2.71. The number of nitrogens with zero attached hydrogens (tertiary/aromatic N) is 2. The summed E-state index contributed by atoms with van der Waals surface area (Å²) in [6.45, 7) is 4.01. The molecule has 2 rings (SSSR count). The molecule has 0 bridgehead atoms. The Hall–Kier alpha value is -1.65. The normalized spacial score (nSPS) is 10.7. The number of aromatic nitrogens is 2. The molecule has 0 unspecified atom stereocenters. The summed E-state index contributed by atoms with van der Waals surface area (Å²) >= 11 is 12.0. The molecule has 6 heteroatoms. The number of rotatable bonds is 3. The molecule has 20 heavy (non-hydrogen) atoms. The van der Waals surface area contributed by atoms with Gasteiger partial charge in [-0.3, -0.25) is 4.79 Å². The number of benzene rings is 1. The van der Waals surface area contributed by atoms with E-state index in [1.54, 1.807) is 30.3 Å². The zero-order valence-corrected chi connectivity index (χ0v) is 12.5. The minimum Gasteiger partial charge on any atom is -0.318 e. The molecule has 1 aromatic carbocycles. The van der Waals surface area contributed by atoms with Gasteiger partial charge in [0.1, 0.15) is 0 Å².